The van der Waals surface area contributed by atoms with E-state index in [9.17, 15) is 0 Å². The van der Waals surface area contributed by atoms with Crippen LogP contribution in [0.2, 0.25) is 5.02 Å². The van der Waals surface area contributed by atoms with Crippen molar-refractivity contribution in [3.63, 3.8) is 0 Å². The minimum Gasteiger partial charge on any atom is -0.374 e. The van der Waals surface area contributed by atoms with Gasteiger partial charge in [0.1, 0.15) is 0 Å². The quantitative estimate of drug-likeness (QED) is 0.169. The minimum atomic E-state index is -0.0314. The van der Waals surface area contributed by atoms with Crippen LogP contribution in [-0.4, -0.2) is 31.7 Å². The predicted octanol–water partition coefficient (Wildman–Crippen LogP) is 11.2. The van der Waals surface area contributed by atoms with Crippen LogP contribution in [0.5, 0.6) is 0 Å². The molecule has 2 unspecified atom stereocenters. The summed E-state index contributed by atoms with van der Waals surface area (Å²) in [4.78, 5) is 4.78. The molecule has 0 bridgehead atoms. The van der Waals surface area contributed by atoms with Crippen molar-refractivity contribution in [1.82, 2.24) is 0 Å². The highest BCUT2D eigenvalue weighted by Gasteiger charge is 2.33. The number of halogens is 1. The molecule has 3 nitrogen and oxygen atoms in total. The molecule has 0 saturated carbocycles. The molecule has 47 heavy (non-hydrogen) atoms. The SMILES string of the molecule is CCN(CC)c1cc2c(cc1Cl)-c1ccccc1C2.CCN(CC)c1cc2c(cc1NC1(CC)C=CC=CC1C)Cc1ccccc1-2. The first-order valence-corrected chi connectivity index (χ1v) is 18.0. The fourth-order valence-electron chi connectivity index (χ4n) is 7.77. The topological polar surface area (TPSA) is 18.5 Å². The smallest absolute Gasteiger partial charge is 0.0645 e. The molecule has 3 aliphatic rings. The van der Waals surface area contributed by atoms with Crippen molar-refractivity contribution >= 4 is 28.7 Å². The molecule has 1 N–H and O–H groups in total. The van der Waals surface area contributed by atoms with Crippen LogP contribution in [0.1, 0.15) is 70.2 Å². The van der Waals surface area contributed by atoms with E-state index in [1.807, 2.05) is 0 Å². The molecule has 0 heterocycles. The molecule has 0 aliphatic heterocycles. The normalized spacial score (nSPS) is 18.1. The van der Waals surface area contributed by atoms with Crippen LogP contribution in [0, 0.1) is 5.92 Å². The van der Waals surface area contributed by atoms with Crippen molar-refractivity contribution in [2.45, 2.75) is 66.3 Å². The van der Waals surface area contributed by atoms with Crippen LogP contribution in [0.25, 0.3) is 22.3 Å². The number of nitrogens with zero attached hydrogens (tertiary/aromatic N) is 2. The second-order valence-electron chi connectivity index (χ2n) is 13.1. The molecule has 0 amide bonds. The summed E-state index contributed by atoms with van der Waals surface area (Å²) in [6.07, 6.45) is 12.1. The van der Waals surface area contributed by atoms with E-state index in [2.05, 4.69) is 154 Å². The maximum absolute atomic E-state index is 6.49. The van der Waals surface area contributed by atoms with E-state index >= 15 is 0 Å². The van der Waals surface area contributed by atoms with Gasteiger partial charge < -0.3 is 15.1 Å². The van der Waals surface area contributed by atoms with Gasteiger partial charge in [0.15, 0.2) is 0 Å². The lowest BCUT2D eigenvalue weighted by Crippen LogP contribution is -2.43. The van der Waals surface area contributed by atoms with E-state index in [1.165, 1.54) is 61.6 Å². The first kappa shape index (κ1) is 33.0. The third-order valence-electron chi connectivity index (χ3n) is 10.6. The van der Waals surface area contributed by atoms with Crippen molar-refractivity contribution in [1.29, 1.82) is 0 Å². The highest BCUT2D eigenvalue weighted by molar-refractivity contribution is 6.33. The summed E-state index contributed by atoms with van der Waals surface area (Å²) in [6, 6.07) is 26.7. The number of hydrogen-bond acceptors (Lipinski definition) is 3. The molecule has 0 radical (unpaired) electrons. The van der Waals surface area contributed by atoms with Crippen LogP contribution < -0.4 is 15.1 Å². The van der Waals surface area contributed by atoms with Crippen LogP contribution >= 0.6 is 11.6 Å². The predicted molar refractivity (Wildman–Crippen MR) is 206 cm³/mol. The second kappa shape index (κ2) is 14.0. The lowest BCUT2D eigenvalue weighted by Gasteiger charge is -2.39. The van der Waals surface area contributed by atoms with Crippen molar-refractivity contribution in [2.24, 2.45) is 5.92 Å². The number of hydrogen-bond donors (Lipinski definition) is 1. The minimum absolute atomic E-state index is 0.0314. The Kier molecular flexibility index (Phi) is 9.85. The third-order valence-corrected chi connectivity index (χ3v) is 11.0. The standard InChI is InChI=1S/C26H32N2.C17H18ClN/c1-5-26(15-11-10-12-19(26)4)27-24-17-21-16-20-13-8-9-14-22(20)23(21)18-25(24)28(6-2)7-3;1-3-19(4-2)17-10-13-9-12-7-5-6-8-14(12)15(13)11-16(17)18/h8-15,17-19,27H,5-7,16H2,1-4H3;5-8,10-11H,3-4,9H2,1-2H3. The number of allylic oxidation sites excluding steroid dienone is 2. The van der Waals surface area contributed by atoms with Crippen LogP contribution in [0.15, 0.2) is 97.1 Å². The van der Waals surface area contributed by atoms with Gasteiger partial charge in [0.25, 0.3) is 0 Å². The first-order valence-electron chi connectivity index (χ1n) is 17.7. The molecule has 0 aromatic heterocycles. The zero-order valence-corrected chi connectivity index (χ0v) is 29.8. The molecule has 4 aromatic carbocycles. The molecule has 244 valence electrons. The van der Waals surface area contributed by atoms with E-state index in [1.54, 1.807) is 0 Å². The van der Waals surface area contributed by atoms with Gasteiger partial charge in [0, 0.05) is 32.1 Å². The van der Waals surface area contributed by atoms with Crippen LogP contribution in [0.4, 0.5) is 17.1 Å². The average Bonchev–Trinajstić information content (AvgIpc) is 3.64. The van der Waals surface area contributed by atoms with Crippen LogP contribution in [-0.2, 0) is 12.8 Å². The lowest BCUT2D eigenvalue weighted by molar-refractivity contribution is 0.439. The highest BCUT2D eigenvalue weighted by atomic mass is 35.5. The highest BCUT2D eigenvalue weighted by Crippen LogP contribution is 2.45. The summed E-state index contributed by atoms with van der Waals surface area (Å²) in [5, 5.41) is 4.85. The first-order chi connectivity index (χ1) is 22.9. The summed E-state index contributed by atoms with van der Waals surface area (Å²) in [5.74, 6) is 0.456. The van der Waals surface area contributed by atoms with E-state index < -0.39 is 0 Å². The molecule has 3 aliphatic carbocycles. The van der Waals surface area contributed by atoms with Gasteiger partial charge in [-0.25, -0.2) is 0 Å². The fraction of sp³-hybridized carbons (Fsp3) is 0.349. The van der Waals surface area contributed by atoms with Gasteiger partial charge in [0.05, 0.1) is 27.6 Å². The maximum atomic E-state index is 6.49. The van der Waals surface area contributed by atoms with E-state index in [-0.39, 0.29) is 5.54 Å². The van der Waals surface area contributed by atoms with E-state index in [4.69, 9.17) is 11.6 Å². The van der Waals surface area contributed by atoms with Gasteiger partial charge in [-0.3, -0.25) is 0 Å². The van der Waals surface area contributed by atoms with Gasteiger partial charge in [-0.05, 0) is 116 Å². The summed E-state index contributed by atoms with van der Waals surface area (Å²) >= 11 is 6.49. The number of rotatable bonds is 9. The lowest BCUT2D eigenvalue weighted by atomic mass is 9.79. The Bertz CT molecular complexity index is 1800. The Morgan fingerprint density at radius 1 is 0.660 bits per heavy atom. The number of nitrogens with one attached hydrogen (secondary N) is 1. The zero-order valence-electron chi connectivity index (χ0n) is 29.0. The number of fused-ring (bicyclic) bond motifs is 6. The molecule has 0 fully saturated rings. The Labute approximate surface area is 288 Å². The van der Waals surface area contributed by atoms with Gasteiger partial charge in [-0.15, -0.1) is 0 Å². The van der Waals surface area contributed by atoms with E-state index in [0.29, 0.717) is 5.92 Å². The fourth-order valence-corrected chi connectivity index (χ4v) is 8.05. The Morgan fingerprint density at radius 3 is 1.79 bits per heavy atom. The van der Waals surface area contributed by atoms with Gasteiger partial charge >= 0.3 is 0 Å². The molecule has 0 spiro atoms. The van der Waals surface area contributed by atoms with Gasteiger partial charge in [-0.2, -0.15) is 0 Å². The Morgan fingerprint density at radius 2 is 1.21 bits per heavy atom. The molecular formula is C43H50ClN3. The van der Waals surface area contributed by atoms with Crippen molar-refractivity contribution in [3.8, 4) is 22.3 Å². The molecule has 0 saturated heterocycles. The molecule has 4 heteroatoms. The second-order valence-corrected chi connectivity index (χ2v) is 13.5. The zero-order chi connectivity index (χ0) is 33.1. The van der Waals surface area contributed by atoms with Crippen molar-refractivity contribution in [3.05, 3.63) is 124 Å². The summed E-state index contributed by atoms with van der Waals surface area (Å²) in [7, 11) is 0. The van der Waals surface area contributed by atoms with Crippen LogP contribution in [0.3, 0.4) is 0 Å². The molecule has 4 aromatic rings. The Balaban J connectivity index is 0.000000177. The maximum Gasteiger partial charge on any atom is 0.0645 e. The van der Waals surface area contributed by atoms with Crippen molar-refractivity contribution in [2.75, 3.05) is 41.3 Å². The molecule has 7 rings (SSSR count). The van der Waals surface area contributed by atoms with E-state index in [0.717, 1.165) is 50.5 Å². The summed E-state index contributed by atoms with van der Waals surface area (Å²) < 4.78 is 0. The number of benzene rings is 4. The largest absolute Gasteiger partial charge is 0.374 e. The molecule has 2 atom stereocenters. The number of anilines is 3. The van der Waals surface area contributed by atoms with Crippen molar-refractivity contribution < 1.29 is 0 Å². The average molecular weight is 644 g/mol. The summed E-state index contributed by atoms with van der Waals surface area (Å²) in [5.41, 5.74) is 14.9. The summed E-state index contributed by atoms with van der Waals surface area (Å²) in [6.45, 7) is 17.4. The Hall–Kier alpha value is -3.95. The van der Waals surface area contributed by atoms with Gasteiger partial charge in [0.2, 0.25) is 0 Å². The monoisotopic (exact) mass is 643 g/mol. The third kappa shape index (κ3) is 6.23. The molecular weight excluding hydrogens is 594 g/mol. The van der Waals surface area contributed by atoms with Gasteiger partial charge in [-0.1, -0.05) is 98.3 Å².